The molecule has 0 bridgehead atoms. The highest BCUT2D eigenvalue weighted by Crippen LogP contribution is 2.32. The van der Waals surface area contributed by atoms with Gasteiger partial charge in [-0.15, -0.1) is 0 Å². The molecule has 4 rings (SSSR count). The van der Waals surface area contributed by atoms with Crippen LogP contribution in [0.5, 0.6) is 11.5 Å². The van der Waals surface area contributed by atoms with Crippen LogP contribution in [0.4, 0.5) is 5.69 Å². The molecule has 248 valence electrons. The molecule has 0 aliphatic rings. The normalized spacial score (nSPS) is 12.4. The summed E-state index contributed by atoms with van der Waals surface area (Å²) in [6, 6.07) is 27.9. The van der Waals surface area contributed by atoms with Crippen LogP contribution in [0.25, 0.3) is 0 Å². The number of halogens is 1. The summed E-state index contributed by atoms with van der Waals surface area (Å²) in [4.78, 5) is 30.0. The first-order valence-electron chi connectivity index (χ1n) is 15.2. The molecule has 47 heavy (non-hydrogen) atoms. The third-order valence-corrected chi connectivity index (χ3v) is 9.88. The Hall–Kier alpha value is -4.54. The Balaban J connectivity index is 1.83. The molecule has 0 unspecified atom stereocenters. The van der Waals surface area contributed by atoms with Crippen molar-refractivity contribution in [3.05, 3.63) is 119 Å². The second-order valence-corrected chi connectivity index (χ2v) is 13.3. The third-order valence-electron chi connectivity index (χ3n) is 7.79. The molecule has 0 aliphatic heterocycles. The molecule has 1 N–H and O–H groups in total. The number of nitrogens with one attached hydrogen (secondary N) is 1. The molecule has 0 radical (unpaired) electrons. The van der Waals surface area contributed by atoms with Crippen molar-refractivity contribution in [3.63, 3.8) is 0 Å². The molecule has 0 saturated carbocycles. The van der Waals surface area contributed by atoms with Crippen LogP contribution in [-0.4, -0.2) is 58.0 Å². The second kappa shape index (κ2) is 16.3. The van der Waals surface area contributed by atoms with Crippen LogP contribution in [0.15, 0.2) is 108 Å². The van der Waals surface area contributed by atoms with Crippen LogP contribution in [0.1, 0.15) is 31.4 Å². The molecule has 0 spiro atoms. The maximum atomic E-state index is 14.6. The van der Waals surface area contributed by atoms with Crippen molar-refractivity contribution in [2.75, 3.05) is 25.1 Å². The monoisotopic (exact) mass is 677 g/mol. The molecule has 11 heteroatoms. The van der Waals surface area contributed by atoms with Crippen LogP contribution in [0.3, 0.4) is 0 Å². The number of carbonyl (C=O) groups is 2. The van der Waals surface area contributed by atoms with Gasteiger partial charge in [-0.05, 0) is 66.9 Å². The Kier molecular flexibility index (Phi) is 12.3. The van der Waals surface area contributed by atoms with E-state index in [-0.39, 0.29) is 40.5 Å². The molecular formula is C36H40ClN3O6S. The minimum atomic E-state index is -4.26. The minimum absolute atomic E-state index is 0.00515. The van der Waals surface area contributed by atoms with E-state index in [1.165, 1.54) is 36.3 Å². The van der Waals surface area contributed by atoms with Crippen LogP contribution >= 0.6 is 11.6 Å². The Morgan fingerprint density at radius 2 is 1.51 bits per heavy atom. The fourth-order valence-corrected chi connectivity index (χ4v) is 6.70. The van der Waals surface area contributed by atoms with Gasteiger partial charge in [0.25, 0.3) is 10.0 Å². The summed E-state index contributed by atoms with van der Waals surface area (Å²) in [6.07, 6.45) is 0.896. The molecule has 0 fully saturated rings. The predicted molar refractivity (Wildman–Crippen MR) is 184 cm³/mol. The van der Waals surface area contributed by atoms with E-state index in [1.54, 1.807) is 49.6 Å². The maximum absolute atomic E-state index is 14.6. The van der Waals surface area contributed by atoms with E-state index in [0.29, 0.717) is 23.5 Å². The average Bonchev–Trinajstić information content (AvgIpc) is 3.09. The lowest BCUT2D eigenvalue weighted by Gasteiger charge is -2.34. The lowest BCUT2D eigenvalue weighted by Crippen LogP contribution is -2.54. The van der Waals surface area contributed by atoms with Gasteiger partial charge in [0.1, 0.15) is 24.1 Å². The molecule has 2 amide bonds. The zero-order valence-electron chi connectivity index (χ0n) is 26.9. The van der Waals surface area contributed by atoms with Crippen LogP contribution in [-0.2, 0) is 32.6 Å². The van der Waals surface area contributed by atoms with Crippen molar-refractivity contribution >= 4 is 39.1 Å². The highest BCUT2D eigenvalue weighted by Gasteiger charge is 2.35. The first-order valence-corrected chi connectivity index (χ1v) is 17.1. The van der Waals surface area contributed by atoms with Crippen molar-refractivity contribution < 1.29 is 27.5 Å². The first-order chi connectivity index (χ1) is 22.6. The third kappa shape index (κ3) is 9.05. The van der Waals surface area contributed by atoms with Gasteiger partial charge in [0.15, 0.2) is 0 Å². The number of hydrogen-bond acceptors (Lipinski definition) is 6. The number of hydrogen-bond donors (Lipinski definition) is 1. The smallest absolute Gasteiger partial charge is 0.264 e. The topological polar surface area (TPSA) is 105 Å². The van der Waals surface area contributed by atoms with E-state index < -0.39 is 28.5 Å². The summed E-state index contributed by atoms with van der Waals surface area (Å²) >= 11 is 6.44. The SMILES string of the molecule is CC[C@H](C)NC(=O)[C@H](Cc1ccccc1)N(Cc1cccc(OC)c1)C(=O)CN(c1ccc(OC)c(Cl)c1)S(=O)(=O)c1ccccc1. The second-order valence-electron chi connectivity index (χ2n) is 11.0. The molecule has 0 aromatic heterocycles. The molecule has 4 aromatic rings. The zero-order chi connectivity index (χ0) is 34.0. The van der Waals surface area contributed by atoms with Crippen LogP contribution < -0.4 is 19.1 Å². The van der Waals surface area contributed by atoms with E-state index in [9.17, 15) is 18.0 Å². The Labute approximate surface area is 282 Å². The van der Waals surface area contributed by atoms with Crippen molar-refractivity contribution in [3.8, 4) is 11.5 Å². The van der Waals surface area contributed by atoms with Gasteiger partial charge >= 0.3 is 0 Å². The van der Waals surface area contributed by atoms with Gasteiger partial charge in [-0.3, -0.25) is 13.9 Å². The lowest BCUT2D eigenvalue weighted by molar-refractivity contribution is -0.140. The number of methoxy groups -OCH3 is 2. The Morgan fingerprint density at radius 3 is 2.13 bits per heavy atom. The maximum Gasteiger partial charge on any atom is 0.264 e. The van der Waals surface area contributed by atoms with E-state index in [4.69, 9.17) is 21.1 Å². The van der Waals surface area contributed by atoms with Gasteiger partial charge in [0, 0.05) is 19.0 Å². The van der Waals surface area contributed by atoms with Gasteiger partial charge < -0.3 is 19.7 Å². The van der Waals surface area contributed by atoms with Gasteiger partial charge in [0.05, 0.1) is 29.8 Å². The zero-order valence-corrected chi connectivity index (χ0v) is 28.5. The number of amides is 2. The molecular weight excluding hydrogens is 638 g/mol. The largest absolute Gasteiger partial charge is 0.497 e. The number of rotatable bonds is 15. The Morgan fingerprint density at radius 1 is 0.851 bits per heavy atom. The molecule has 0 saturated heterocycles. The van der Waals surface area contributed by atoms with E-state index in [2.05, 4.69) is 5.32 Å². The number of benzene rings is 4. The fraction of sp³-hybridized carbons (Fsp3) is 0.278. The van der Waals surface area contributed by atoms with E-state index in [0.717, 1.165) is 9.87 Å². The van der Waals surface area contributed by atoms with E-state index >= 15 is 0 Å². The molecule has 2 atom stereocenters. The first kappa shape index (κ1) is 35.3. The molecule has 9 nitrogen and oxygen atoms in total. The summed E-state index contributed by atoms with van der Waals surface area (Å²) in [6.45, 7) is 3.27. The highest BCUT2D eigenvalue weighted by molar-refractivity contribution is 7.92. The van der Waals surface area contributed by atoms with Gasteiger partial charge in [-0.2, -0.15) is 0 Å². The number of anilines is 1. The van der Waals surface area contributed by atoms with Crippen molar-refractivity contribution in [2.24, 2.45) is 0 Å². The van der Waals surface area contributed by atoms with Crippen molar-refractivity contribution in [1.82, 2.24) is 10.2 Å². The van der Waals surface area contributed by atoms with Gasteiger partial charge in [-0.1, -0.05) is 79.2 Å². The summed E-state index contributed by atoms with van der Waals surface area (Å²) in [7, 11) is -1.26. The van der Waals surface area contributed by atoms with Gasteiger partial charge in [-0.25, -0.2) is 8.42 Å². The molecule has 4 aromatic carbocycles. The number of sulfonamides is 1. The lowest BCUT2D eigenvalue weighted by atomic mass is 10.0. The minimum Gasteiger partial charge on any atom is -0.497 e. The summed E-state index contributed by atoms with van der Waals surface area (Å²) < 4.78 is 40.0. The summed E-state index contributed by atoms with van der Waals surface area (Å²) in [5.74, 6) is 0.00622. The van der Waals surface area contributed by atoms with Crippen molar-refractivity contribution in [2.45, 2.75) is 50.2 Å². The van der Waals surface area contributed by atoms with Crippen LogP contribution in [0.2, 0.25) is 5.02 Å². The molecule has 0 heterocycles. The number of nitrogens with zero attached hydrogens (tertiary/aromatic N) is 2. The van der Waals surface area contributed by atoms with E-state index in [1.807, 2.05) is 50.2 Å². The molecule has 0 aliphatic carbocycles. The van der Waals surface area contributed by atoms with Gasteiger partial charge in [0.2, 0.25) is 11.8 Å². The number of carbonyl (C=O) groups excluding carboxylic acids is 2. The number of ether oxygens (including phenoxy) is 2. The average molecular weight is 678 g/mol. The van der Waals surface area contributed by atoms with Crippen LogP contribution in [0, 0.1) is 0 Å². The standard InChI is InChI=1S/C36H40ClN3O6S/c1-5-26(2)38-36(42)33(22-27-13-8-6-9-14-27)39(24-28-15-12-16-30(21-28)45-3)35(41)25-40(29-19-20-34(46-4)32(37)23-29)47(43,44)31-17-10-7-11-18-31/h6-21,23,26,33H,5,22,24-25H2,1-4H3,(H,38,42)/t26-,33-/m0/s1. The Bertz CT molecular complexity index is 1760. The summed E-state index contributed by atoms with van der Waals surface area (Å²) in [5, 5.41) is 3.21. The highest BCUT2D eigenvalue weighted by atomic mass is 35.5. The predicted octanol–water partition coefficient (Wildman–Crippen LogP) is 6.11. The quantitative estimate of drug-likeness (QED) is 0.163. The van der Waals surface area contributed by atoms with Crippen molar-refractivity contribution in [1.29, 1.82) is 0 Å². The fourth-order valence-electron chi connectivity index (χ4n) is 5.02. The summed E-state index contributed by atoms with van der Waals surface area (Å²) in [5.41, 5.74) is 1.71.